The van der Waals surface area contributed by atoms with Crippen LogP contribution in [0.25, 0.3) is 11.0 Å². The van der Waals surface area contributed by atoms with Gasteiger partial charge in [0.15, 0.2) is 11.5 Å². The third-order valence-electron chi connectivity index (χ3n) is 7.09. The van der Waals surface area contributed by atoms with Crippen LogP contribution in [0.3, 0.4) is 0 Å². The Labute approximate surface area is 202 Å². The average molecular weight is 464 g/mol. The van der Waals surface area contributed by atoms with Crippen LogP contribution >= 0.6 is 0 Å². The van der Waals surface area contributed by atoms with Gasteiger partial charge in [0.2, 0.25) is 0 Å². The molecule has 0 amide bonds. The largest absolute Gasteiger partial charge is 0.493 e. The van der Waals surface area contributed by atoms with Crippen LogP contribution in [0.2, 0.25) is 0 Å². The topological polar surface area (TPSA) is 51.9 Å². The number of fused-ring (bicyclic) bond motifs is 1. The number of piperidine rings is 1. The van der Waals surface area contributed by atoms with Crippen molar-refractivity contribution in [2.45, 2.75) is 58.3 Å². The van der Waals surface area contributed by atoms with E-state index in [0.29, 0.717) is 29.6 Å². The van der Waals surface area contributed by atoms with E-state index >= 15 is 0 Å². The first-order chi connectivity index (χ1) is 16.6. The molecule has 0 saturated carbocycles. The second kappa shape index (κ2) is 11.6. The van der Waals surface area contributed by atoms with E-state index in [1.165, 1.54) is 18.4 Å². The van der Waals surface area contributed by atoms with Gasteiger partial charge in [-0.3, -0.25) is 0 Å². The first-order valence-corrected chi connectivity index (χ1v) is 12.6. The molecule has 5 nitrogen and oxygen atoms in total. The molecule has 1 fully saturated rings. The highest BCUT2D eigenvalue weighted by molar-refractivity contribution is 5.84. The van der Waals surface area contributed by atoms with Crippen LogP contribution < -0.4 is 15.1 Å². The smallest absolute Gasteiger partial charge is 0.339 e. The molecule has 0 spiro atoms. The van der Waals surface area contributed by atoms with E-state index in [1.54, 1.807) is 13.2 Å². The third kappa shape index (κ3) is 5.64. The van der Waals surface area contributed by atoms with Gasteiger partial charge in [-0.2, -0.15) is 0 Å². The third-order valence-corrected chi connectivity index (χ3v) is 7.09. The summed E-state index contributed by atoms with van der Waals surface area (Å²) < 4.78 is 17.3. The number of likely N-dealkylation sites (tertiary alicyclic amines) is 1. The van der Waals surface area contributed by atoms with Crippen LogP contribution in [0, 0.1) is 6.92 Å². The molecule has 1 aliphatic rings. The number of unbranched alkanes of at least 4 members (excludes halogenated alkanes) is 1. The summed E-state index contributed by atoms with van der Waals surface area (Å²) in [6.45, 7) is 8.06. The maximum atomic E-state index is 12.5. The molecule has 34 heavy (non-hydrogen) atoms. The molecule has 0 unspecified atom stereocenters. The van der Waals surface area contributed by atoms with Gasteiger partial charge in [-0.05, 0) is 75.2 Å². The first-order valence-electron chi connectivity index (χ1n) is 12.6. The van der Waals surface area contributed by atoms with Gasteiger partial charge in [0.1, 0.15) is 5.58 Å². The van der Waals surface area contributed by atoms with E-state index in [9.17, 15) is 4.79 Å². The van der Waals surface area contributed by atoms with Crippen molar-refractivity contribution in [3.05, 3.63) is 69.6 Å². The number of ether oxygens (including phenoxy) is 2. The monoisotopic (exact) mass is 463 g/mol. The summed E-state index contributed by atoms with van der Waals surface area (Å²) in [5.41, 5.74) is 3.52. The Morgan fingerprint density at radius 2 is 1.82 bits per heavy atom. The fourth-order valence-corrected chi connectivity index (χ4v) is 5.00. The average Bonchev–Trinajstić information content (AvgIpc) is 2.87. The molecule has 182 valence electrons. The van der Waals surface area contributed by atoms with Crippen LogP contribution in [-0.4, -0.2) is 38.3 Å². The normalized spacial score (nSPS) is 15.0. The van der Waals surface area contributed by atoms with E-state index < -0.39 is 0 Å². The lowest BCUT2D eigenvalue weighted by Gasteiger charge is -2.32. The number of methoxy groups -OCH3 is 1. The molecule has 0 radical (unpaired) electrons. The predicted octanol–water partition coefficient (Wildman–Crippen LogP) is 6.10. The number of aryl methyl sites for hydroxylation is 1. The Bertz CT molecular complexity index is 1130. The van der Waals surface area contributed by atoms with Gasteiger partial charge in [0.05, 0.1) is 13.7 Å². The van der Waals surface area contributed by atoms with E-state index in [0.717, 1.165) is 61.8 Å². The predicted molar refractivity (Wildman–Crippen MR) is 137 cm³/mol. The lowest BCUT2D eigenvalue weighted by molar-refractivity contribution is 0.191. The molecule has 3 aromatic rings. The Morgan fingerprint density at radius 1 is 1.06 bits per heavy atom. The van der Waals surface area contributed by atoms with Gasteiger partial charge in [-0.1, -0.05) is 43.7 Å². The summed E-state index contributed by atoms with van der Waals surface area (Å²) in [5.74, 6) is 1.98. The summed E-state index contributed by atoms with van der Waals surface area (Å²) in [4.78, 5) is 15.0. The molecular weight excluding hydrogens is 426 g/mol. The molecule has 1 aromatic heterocycles. The van der Waals surface area contributed by atoms with E-state index in [4.69, 9.17) is 13.9 Å². The molecule has 0 aliphatic carbocycles. The van der Waals surface area contributed by atoms with Gasteiger partial charge in [0, 0.05) is 23.6 Å². The molecule has 0 bridgehead atoms. The van der Waals surface area contributed by atoms with Crippen molar-refractivity contribution in [2.75, 3.05) is 33.4 Å². The summed E-state index contributed by atoms with van der Waals surface area (Å²) in [6, 6.07) is 14.6. The molecule has 0 N–H and O–H groups in total. The van der Waals surface area contributed by atoms with E-state index in [2.05, 4.69) is 42.2 Å². The lowest BCUT2D eigenvalue weighted by Crippen LogP contribution is -2.34. The second-order valence-corrected chi connectivity index (χ2v) is 9.32. The van der Waals surface area contributed by atoms with Crippen molar-refractivity contribution in [1.29, 1.82) is 0 Å². The van der Waals surface area contributed by atoms with Gasteiger partial charge in [-0.15, -0.1) is 0 Å². The zero-order valence-electron chi connectivity index (χ0n) is 20.8. The fourth-order valence-electron chi connectivity index (χ4n) is 5.00. The maximum Gasteiger partial charge on any atom is 0.339 e. The van der Waals surface area contributed by atoms with Gasteiger partial charge in [0.25, 0.3) is 0 Å². The second-order valence-electron chi connectivity index (χ2n) is 9.32. The van der Waals surface area contributed by atoms with Gasteiger partial charge in [-0.25, -0.2) is 4.79 Å². The van der Waals surface area contributed by atoms with Gasteiger partial charge < -0.3 is 18.8 Å². The molecule has 4 rings (SSSR count). The van der Waals surface area contributed by atoms with Crippen LogP contribution in [0.15, 0.2) is 51.7 Å². The first kappa shape index (κ1) is 24.3. The molecule has 1 saturated heterocycles. The summed E-state index contributed by atoms with van der Waals surface area (Å²) in [5, 5.41) is 0.921. The maximum absolute atomic E-state index is 12.5. The van der Waals surface area contributed by atoms with E-state index in [-0.39, 0.29) is 5.63 Å². The summed E-state index contributed by atoms with van der Waals surface area (Å²) >= 11 is 0. The van der Waals surface area contributed by atoms with Gasteiger partial charge >= 0.3 is 5.63 Å². The highest BCUT2D eigenvalue weighted by atomic mass is 16.5. The highest BCUT2D eigenvalue weighted by Crippen LogP contribution is 2.34. The Kier molecular flexibility index (Phi) is 8.28. The molecular formula is C29H37NO4. The van der Waals surface area contributed by atoms with E-state index in [1.807, 2.05) is 13.0 Å². The number of benzene rings is 2. The number of hydrogen-bond acceptors (Lipinski definition) is 5. The molecule has 2 aromatic carbocycles. The zero-order valence-corrected chi connectivity index (χ0v) is 20.8. The van der Waals surface area contributed by atoms with Crippen molar-refractivity contribution in [1.82, 2.24) is 4.90 Å². The number of rotatable bonds is 10. The number of nitrogens with zero attached hydrogens (tertiary/aromatic N) is 1. The highest BCUT2D eigenvalue weighted by Gasteiger charge is 2.20. The van der Waals surface area contributed by atoms with Crippen molar-refractivity contribution >= 4 is 11.0 Å². The Hall–Kier alpha value is -2.79. The van der Waals surface area contributed by atoms with Crippen molar-refractivity contribution < 1.29 is 13.9 Å². The van der Waals surface area contributed by atoms with Crippen LogP contribution in [-0.2, 0) is 6.42 Å². The fraction of sp³-hybridized carbons (Fsp3) is 0.483. The summed E-state index contributed by atoms with van der Waals surface area (Å²) in [7, 11) is 1.62. The lowest BCUT2D eigenvalue weighted by atomic mass is 9.89. The van der Waals surface area contributed by atoms with Crippen LogP contribution in [0.5, 0.6) is 11.5 Å². The molecule has 0 atom stereocenters. The zero-order chi connectivity index (χ0) is 23.9. The van der Waals surface area contributed by atoms with Crippen molar-refractivity contribution in [3.63, 3.8) is 0 Å². The molecule has 1 aliphatic heterocycles. The molecule has 2 heterocycles. The standard InChI is InChI=1S/C29H37NO4/c1-4-5-12-24-21(2)25-19-28(27(32-3)20-26(25)34-29(24)31)33-18-9-15-30-16-13-23(14-17-30)22-10-7-6-8-11-22/h6-8,10-11,19-20,23H,4-5,9,12-18H2,1-3H3. The SMILES string of the molecule is CCCCc1c(C)c2cc(OCCCN3CCC(c4ccccc4)CC3)c(OC)cc2oc1=O. The van der Waals surface area contributed by atoms with Crippen molar-refractivity contribution in [2.24, 2.45) is 0 Å². The molecule has 5 heteroatoms. The minimum atomic E-state index is -0.245. The number of hydrogen-bond donors (Lipinski definition) is 0. The Balaban J connectivity index is 1.35. The Morgan fingerprint density at radius 3 is 2.53 bits per heavy atom. The van der Waals surface area contributed by atoms with Crippen molar-refractivity contribution in [3.8, 4) is 11.5 Å². The minimum absolute atomic E-state index is 0.245. The quantitative estimate of drug-likeness (QED) is 0.269. The van der Waals surface area contributed by atoms with Crippen LogP contribution in [0.1, 0.15) is 61.6 Å². The summed E-state index contributed by atoms with van der Waals surface area (Å²) in [6.07, 6.45) is 6.14. The minimum Gasteiger partial charge on any atom is -0.493 e. The van der Waals surface area contributed by atoms with Crippen LogP contribution in [0.4, 0.5) is 0 Å².